The number of thiophene rings is 1. The number of hydrogen-bond acceptors (Lipinski definition) is 9. The molecule has 2 N–H and O–H groups in total. The fraction of sp³-hybridized carbons (Fsp3) is 0.467. The van der Waals surface area contributed by atoms with E-state index in [2.05, 4.69) is 31.7 Å². The predicted octanol–water partition coefficient (Wildman–Crippen LogP) is 6.57. The molecule has 5 aromatic rings. The van der Waals surface area contributed by atoms with Crippen LogP contribution in [0.15, 0.2) is 24.5 Å². The number of H-pyrrole nitrogens is 1. The van der Waals surface area contributed by atoms with Gasteiger partial charge in [0.15, 0.2) is 0 Å². The molecule has 224 valence electrons. The lowest BCUT2D eigenvalue weighted by Crippen LogP contribution is -2.51. The smallest absolute Gasteiger partial charge is 0.417 e. The Bertz CT molecular complexity index is 1850. The number of alkyl halides is 3. The molecule has 2 bridgehead atoms. The van der Waals surface area contributed by atoms with Crippen LogP contribution in [0.2, 0.25) is 0 Å². The zero-order chi connectivity index (χ0) is 29.5. The molecule has 0 radical (unpaired) electrons. The van der Waals surface area contributed by atoms with E-state index in [0.29, 0.717) is 56.3 Å². The summed E-state index contributed by atoms with van der Waals surface area (Å²) >= 11 is 3.24. The zero-order valence-corrected chi connectivity index (χ0v) is 25.3. The van der Waals surface area contributed by atoms with Gasteiger partial charge in [-0.25, -0.2) is 0 Å². The van der Waals surface area contributed by atoms with Crippen molar-refractivity contribution in [2.75, 3.05) is 30.9 Å². The van der Waals surface area contributed by atoms with Gasteiger partial charge >= 0.3 is 12.2 Å². The van der Waals surface area contributed by atoms with E-state index in [1.54, 1.807) is 6.20 Å². The largest absolute Gasteiger partial charge is 0.463 e. The van der Waals surface area contributed by atoms with Crippen molar-refractivity contribution in [2.45, 2.75) is 56.1 Å². The summed E-state index contributed by atoms with van der Waals surface area (Å²) in [5.74, 6) is 1.26. The van der Waals surface area contributed by atoms with E-state index in [0.717, 1.165) is 55.4 Å². The number of pyridine rings is 1. The molecule has 8 rings (SSSR count). The van der Waals surface area contributed by atoms with Crippen molar-refractivity contribution in [3.05, 3.63) is 35.7 Å². The molecule has 13 heteroatoms. The molecule has 43 heavy (non-hydrogen) atoms. The highest BCUT2D eigenvalue weighted by molar-refractivity contribution is 7.99. The number of hydrogen-bond donors (Lipinski definition) is 2. The fourth-order valence-electron chi connectivity index (χ4n) is 7.04. The average molecular weight is 626 g/mol. The highest BCUT2D eigenvalue weighted by atomic mass is 32.2. The molecule has 3 aliphatic rings. The molecular formula is C30H30F3N7OS2. The molecule has 0 spiro atoms. The molecule has 2 unspecified atom stereocenters. The summed E-state index contributed by atoms with van der Waals surface area (Å²) in [7, 11) is 0. The Morgan fingerprint density at radius 1 is 1.14 bits per heavy atom. The van der Waals surface area contributed by atoms with Crippen molar-refractivity contribution in [2.24, 2.45) is 5.92 Å². The van der Waals surface area contributed by atoms with Crippen LogP contribution in [-0.2, 0) is 6.18 Å². The monoisotopic (exact) mass is 625 g/mol. The molecule has 4 aromatic heterocycles. The number of anilines is 1. The topological polar surface area (TPSA) is 91.8 Å². The fourth-order valence-corrected chi connectivity index (χ4v) is 9.12. The second kappa shape index (κ2) is 10.2. The highest BCUT2D eigenvalue weighted by Crippen LogP contribution is 2.48. The van der Waals surface area contributed by atoms with E-state index in [4.69, 9.17) is 14.7 Å². The Morgan fingerprint density at radius 2 is 1.93 bits per heavy atom. The molecular weight excluding hydrogens is 596 g/mol. The predicted molar refractivity (Wildman–Crippen MR) is 165 cm³/mol. The van der Waals surface area contributed by atoms with Gasteiger partial charge in [0.1, 0.15) is 10.6 Å². The van der Waals surface area contributed by atoms with Crippen molar-refractivity contribution >= 4 is 60.1 Å². The van der Waals surface area contributed by atoms with Crippen molar-refractivity contribution in [3.8, 4) is 17.3 Å². The van der Waals surface area contributed by atoms with Gasteiger partial charge in [0, 0.05) is 53.0 Å². The average Bonchev–Trinajstić information content (AvgIpc) is 3.66. The Labute approximate surface area is 253 Å². The van der Waals surface area contributed by atoms with E-state index in [1.165, 1.54) is 30.5 Å². The molecule has 1 aliphatic carbocycles. The van der Waals surface area contributed by atoms with Crippen molar-refractivity contribution < 1.29 is 17.9 Å². The van der Waals surface area contributed by atoms with Crippen LogP contribution in [-0.4, -0.2) is 68.4 Å². The number of fused-ring (bicyclic) bond motifs is 6. The number of nitrogens with one attached hydrogen (secondary N) is 2. The molecule has 2 saturated heterocycles. The molecule has 2 aliphatic heterocycles. The maximum atomic E-state index is 14.6. The number of piperazine rings is 1. The van der Waals surface area contributed by atoms with Crippen LogP contribution in [0.4, 0.5) is 19.0 Å². The standard InChI is InChI=1S/C30H30F3N7OS2/c1-14-7-21-20(10-35-39-21)22(24(14)30(31,32)33)25-26-19(5-6-34-25)23-27(40-11-16-3-4-17(12-40)36-16)37-29(38-28(23)43-26)41-13-15-8-18(9-15)42-2/h5-7,10,15-18,36H,3-4,8-9,11-13H2,1-2H3,(H,35,39). The van der Waals surface area contributed by atoms with Gasteiger partial charge < -0.3 is 15.0 Å². The second-order valence-electron chi connectivity index (χ2n) is 12.0. The third kappa shape index (κ3) is 4.62. The number of aromatic amines is 1. The first kappa shape index (κ1) is 27.4. The number of nitrogens with zero attached hydrogens (tertiary/aromatic N) is 5. The van der Waals surface area contributed by atoms with E-state index in [-0.39, 0.29) is 16.8 Å². The normalized spacial score (nSPS) is 23.9. The summed E-state index contributed by atoms with van der Waals surface area (Å²) in [6.07, 6.45) is 5.07. The van der Waals surface area contributed by atoms with Crippen molar-refractivity contribution in [1.29, 1.82) is 0 Å². The van der Waals surface area contributed by atoms with Crippen LogP contribution in [0.1, 0.15) is 36.8 Å². The number of aryl methyl sites for hydroxylation is 1. The molecule has 1 aromatic carbocycles. The Balaban J connectivity index is 1.31. The lowest BCUT2D eigenvalue weighted by molar-refractivity contribution is -0.137. The molecule has 1 saturated carbocycles. The maximum absolute atomic E-state index is 14.6. The SMILES string of the molecule is CSC1CC(COc2nc(N3CC4CCC(C3)N4)c3c(n2)sc2c(-c4c(C(F)(F)F)c(C)cc5[nH]ncc45)nccc23)C1. The van der Waals surface area contributed by atoms with Crippen LogP contribution in [0.25, 0.3) is 42.5 Å². The number of rotatable bonds is 6. The van der Waals surface area contributed by atoms with E-state index in [9.17, 15) is 13.2 Å². The molecule has 3 fully saturated rings. The Morgan fingerprint density at radius 3 is 2.67 bits per heavy atom. The van der Waals surface area contributed by atoms with Gasteiger partial charge in [-0.05, 0) is 62.5 Å². The number of aromatic nitrogens is 5. The first-order chi connectivity index (χ1) is 20.8. The summed E-state index contributed by atoms with van der Waals surface area (Å²) < 4.78 is 50.6. The number of thioether (sulfide) groups is 1. The number of halogens is 3. The molecule has 8 nitrogen and oxygen atoms in total. The minimum atomic E-state index is -4.58. The minimum absolute atomic E-state index is 0.0351. The Kier molecular flexibility index (Phi) is 6.50. The Hall–Kier alpha value is -3.16. The van der Waals surface area contributed by atoms with Gasteiger partial charge in [-0.15, -0.1) is 11.3 Å². The van der Waals surface area contributed by atoms with Crippen LogP contribution in [0, 0.1) is 12.8 Å². The summed E-state index contributed by atoms with van der Waals surface area (Å²) in [4.78, 5) is 17.4. The minimum Gasteiger partial charge on any atom is -0.463 e. The maximum Gasteiger partial charge on any atom is 0.417 e. The highest BCUT2D eigenvalue weighted by Gasteiger charge is 2.39. The third-order valence-electron chi connectivity index (χ3n) is 9.16. The van der Waals surface area contributed by atoms with Gasteiger partial charge in [-0.2, -0.15) is 40.0 Å². The summed E-state index contributed by atoms with van der Waals surface area (Å²) in [6.45, 7) is 3.65. The lowest BCUT2D eigenvalue weighted by Gasteiger charge is -2.34. The zero-order valence-electron chi connectivity index (χ0n) is 23.7. The van der Waals surface area contributed by atoms with E-state index < -0.39 is 11.7 Å². The summed E-state index contributed by atoms with van der Waals surface area (Å²) in [5, 5.41) is 13.3. The first-order valence-electron chi connectivity index (χ1n) is 14.6. The van der Waals surface area contributed by atoms with Gasteiger partial charge in [0.25, 0.3) is 0 Å². The first-order valence-corrected chi connectivity index (χ1v) is 16.7. The molecule has 2 atom stereocenters. The van der Waals surface area contributed by atoms with Crippen LogP contribution >= 0.6 is 23.1 Å². The summed E-state index contributed by atoms with van der Waals surface area (Å²) in [6, 6.07) is 4.45. The van der Waals surface area contributed by atoms with Crippen LogP contribution in [0.3, 0.4) is 0 Å². The van der Waals surface area contributed by atoms with Gasteiger partial charge in [-0.3, -0.25) is 10.1 Å². The third-order valence-corrected chi connectivity index (χ3v) is 11.3. The van der Waals surface area contributed by atoms with Crippen LogP contribution < -0.4 is 15.0 Å². The second-order valence-corrected chi connectivity index (χ2v) is 14.1. The number of ether oxygens (including phenoxy) is 1. The lowest BCUT2D eigenvalue weighted by atomic mass is 9.85. The van der Waals surface area contributed by atoms with Gasteiger partial charge in [0.05, 0.1) is 39.7 Å². The van der Waals surface area contributed by atoms with E-state index >= 15 is 0 Å². The molecule has 6 heterocycles. The summed E-state index contributed by atoms with van der Waals surface area (Å²) in [5.41, 5.74) is 0.262. The van der Waals surface area contributed by atoms with Gasteiger partial charge in [0.2, 0.25) is 0 Å². The van der Waals surface area contributed by atoms with Gasteiger partial charge in [-0.1, -0.05) is 0 Å². The quantitative estimate of drug-likeness (QED) is 0.219. The van der Waals surface area contributed by atoms with Crippen molar-refractivity contribution in [3.63, 3.8) is 0 Å². The van der Waals surface area contributed by atoms with Crippen LogP contribution in [0.5, 0.6) is 6.01 Å². The molecule has 0 amide bonds. The number of benzene rings is 1. The van der Waals surface area contributed by atoms with Crippen molar-refractivity contribution in [1.82, 2.24) is 30.5 Å². The van der Waals surface area contributed by atoms with E-state index in [1.807, 2.05) is 17.8 Å².